The molecule has 0 aliphatic rings. The van der Waals surface area contributed by atoms with Crippen LogP contribution < -0.4 is 10.6 Å². The fourth-order valence-electron chi connectivity index (χ4n) is 1.26. The molecule has 0 bridgehead atoms. The number of hydrogen-bond acceptors (Lipinski definition) is 2. The molecule has 0 atom stereocenters. The van der Waals surface area contributed by atoms with Crippen molar-refractivity contribution in [3.63, 3.8) is 0 Å². The molecule has 1 aromatic carbocycles. The highest BCUT2D eigenvalue weighted by Crippen LogP contribution is 2.23. The van der Waals surface area contributed by atoms with E-state index in [4.69, 9.17) is 17.0 Å². The second kappa shape index (κ2) is 7.25. The van der Waals surface area contributed by atoms with Crippen LogP contribution in [-0.4, -0.2) is 25.4 Å². The summed E-state index contributed by atoms with van der Waals surface area (Å²) >= 11 is 4.75. The molecule has 19 heavy (non-hydrogen) atoms. The lowest BCUT2D eigenvalue weighted by Crippen LogP contribution is -2.30. The molecular formula is C11H12F4N2OS. The maximum absolute atomic E-state index is 13.3. The van der Waals surface area contributed by atoms with Crippen LogP contribution in [0.1, 0.15) is 6.42 Å². The molecule has 0 fully saturated rings. The molecule has 2 N–H and O–H groups in total. The van der Waals surface area contributed by atoms with E-state index in [0.29, 0.717) is 19.6 Å². The molecule has 0 radical (unpaired) electrons. The summed E-state index contributed by atoms with van der Waals surface area (Å²) in [5.41, 5.74) is -0.957. The van der Waals surface area contributed by atoms with Crippen molar-refractivity contribution in [3.8, 4) is 0 Å². The Bertz CT molecular complexity index is 444. The predicted octanol–water partition coefficient (Wildman–Crippen LogP) is 2.57. The van der Waals surface area contributed by atoms with Crippen LogP contribution in [0.2, 0.25) is 0 Å². The minimum atomic E-state index is -1.53. The minimum absolute atomic E-state index is 0.130. The van der Waals surface area contributed by atoms with Gasteiger partial charge in [-0.05, 0) is 18.6 Å². The molecule has 1 aromatic rings. The zero-order valence-corrected chi connectivity index (χ0v) is 10.8. The number of anilines is 1. The van der Waals surface area contributed by atoms with E-state index < -0.39 is 29.0 Å². The fourth-order valence-corrected chi connectivity index (χ4v) is 1.46. The van der Waals surface area contributed by atoms with Crippen molar-refractivity contribution in [1.82, 2.24) is 5.32 Å². The zero-order chi connectivity index (χ0) is 14.4. The van der Waals surface area contributed by atoms with Crippen LogP contribution in [0.3, 0.4) is 0 Å². The van der Waals surface area contributed by atoms with Gasteiger partial charge >= 0.3 is 0 Å². The van der Waals surface area contributed by atoms with Crippen LogP contribution in [0.15, 0.2) is 6.07 Å². The van der Waals surface area contributed by atoms with E-state index in [9.17, 15) is 17.6 Å². The van der Waals surface area contributed by atoms with E-state index >= 15 is 0 Å². The molecule has 0 saturated carbocycles. The van der Waals surface area contributed by atoms with E-state index in [0.717, 1.165) is 0 Å². The Kier molecular flexibility index (Phi) is 5.97. The summed E-state index contributed by atoms with van der Waals surface area (Å²) in [7, 11) is 1.52. The Labute approximate surface area is 112 Å². The third-order valence-corrected chi connectivity index (χ3v) is 2.41. The molecule has 8 heteroatoms. The van der Waals surface area contributed by atoms with Gasteiger partial charge < -0.3 is 15.4 Å². The molecule has 0 saturated heterocycles. The van der Waals surface area contributed by atoms with E-state index in [-0.39, 0.29) is 11.2 Å². The van der Waals surface area contributed by atoms with Crippen LogP contribution in [0, 0.1) is 23.3 Å². The quantitative estimate of drug-likeness (QED) is 0.379. The van der Waals surface area contributed by atoms with Gasteiger partial charge in [0.2, 0.25) is 0 Å². The highest BCUT2D eigenvalue weighted by Gasteiger charge is 2.19. The summed E-state index contributed by atoms with van der Waals surface area (Å²) in [6.45, 7) is 0.869. The van der Waals surface area contributed by atoms with E-state index in [1.807, 2.05) is 0 Å². The minimum Gasteiger partial charge on any atom is -0.385 e. The highest BCUT2D eigenvalue weighted by atomic mass is 32.1. The molecular weight excluding hydrogens is 284 g/mol. The van der Waals surface area contributed by atoms with Gasteiger partial charge in [0.25, 0.3) is 0 Å². The lowest BCUT2D eigenvalue weighted by Gasteiger charge is -2.12. The monoisotopic (exact) mass is 296 g/mol. The number of ether oxygens (including phenoxy) is 1. The van der Waals surface area contributed by atoms with Crippen LogP contribution >= 0.6 is 12.2 Å². The molecule has 106 valence electrons. The summed E-state index contributed by atoms with van der Waals surface area (Å²) in [6.07, 6.45) is 0.612. The summed E-state index contributed by atoms with van der Waals surface area (Å²) in [5, 5.41) is 4.57. The summed E-state index contributed by atoms with van der Waals surface area (Å²) in [4.78, 5) is 0. The van der Waals surface area contributed by atoms with E-state index in [1.165, 1.54) is 7.11 Å². The van der Waals surface area contributed by atoms with Crippen LogP contribution in [0.25, 0.3) is 0 Å². The second-order valence-electron chi connectivity index (χ2n) is 3.57. The van der Waals surface area contributed by atoms with Gasteiger partial charge in [-0.3, -0.25) is 0 Å². The number of benzene rings is 1. The zero-order valence-electron chi connectivity index (χ0n) is 10.0. The lowest BCUT2D eigenvalue weighted by molar-refractivity contribution is 0.196. The first-order chi connectivity index (χ1) is 8.97. The maximum atomic E-state index is 13.3. The normalized spacial score (nSPS) is 10.4. The molecule has 0 heterocycles. The first kappa shape index (κ1) is 15.6. The predicted molar refractivity (Wildman–Crippen MR) is 67.0 cm³/mol. The van der Waals surface area contributed by atoms with Crippen molar-refractivity contribution >= 4 is 23.0 Å². The SMILES string of the molecule is COCCCNC(=S)Nc1c(F)c(F)cc(F)c1F. The third-order valence-electron chi connectivity index (χ3n) is 2.16. The van der Waals surface area contributed by atoms with Gasteiger partial charge in [-0.1, -0.05) is 0 Å². The first-order valence-corrected chi connectivity index (χ1v) is 5.75. The second-order valence-corrected chi connectivity index (χ2v) is 3.98. The maximum Gasteiger partial charge on any atom is 0.185 e. The number of hydrogen-bond donors (Lipinski definition) is 2. The highest BCUT2D eigenvalue weighted by molar-refractivity contribution is 7.80. The van der Waals surface area contributed by atoms with Gasteiger partial charge in [0.1, 0.15) is 5.69 Å². The largest absolute Gasteiger partial charge is 0.385 e. The van der Waals surface area contributed by atoms with Gasteiger partial charge in [0, 0.05) is 26.3 Å². The summed E-state index contributed by atoms with van der Waals surface area (Å²) in [6, 6.07) is 0.130. The molecule has 0 aromatic heterocycles. The van der Waals surface area contributed by atoms with E-state index in [1.54, 1.807) is 0 Å². The first-order valence-electron chi connectivity index (χ1n) is 5.34. The topological polar surface area (TPSA) is 33.3 Å². The summed E-state index contributed by atoms with van der Waals surface area (Å²) < 4.78 is 57.2. The van der Waals surface area contributed by atoms with Crippen LogP contribution in [-0.2, 0) is 4.74 Å². The van der Waals surface area contributed by atoms with Gasteiger partial charge in [-0.25, -0.2) is 17.6 Å². The van der Waals surface area contributed by atoms with Gasteiger partial charge in [0.05, 0.1) is 0 Å². The molecule has 0 amide bonds. The lowest BCUT2D eigenvalue weighted by atomic mass is 10.2. The van der Waals surface area contributed by atoms with E-state index in [2.05, 4.69) is 10.6 Å². The van der Waals surface area contributed by atoms with Crippen molar-refractivity contribution in [3.05, 3.63) is 29.3 Å². The van der Waals surface area contributed by atoms with Crippen LogP contribution in [0.4, 0.5) is 23.2 Å². The third kappa shape index (κ3) is 4.32. The Morgan fingerprint density at radius 2 is 1.79 bits per heavy atom. The van der Waals surface area contributed by atoms with Gasteiger partial charge in [-0.2, -0.15) is 0 Å². The van der Waals surface area contributed by atoms with Crippen molar-refractivity contribution in [2.24, 2.45) is 0 Å². The van der Waals surface area contributed by atoms with Crippen molar-refractivity contribution < 1.29 is 22.3 Å². The number of rotatable bonds is 5. The van der Waals surface area contributed by atoms with Gasteiger partial charge in [-0.15, -0.1) is 0 Å². The number of thiocarbonyl (C=S) groups is 1. The number of nitrogens with one attached hydrogen (secondary N) is 2. The van der Waals surface area contributed by atoms with Crippen molar-refractivity contribution in [2.45, 2.75) is 6.42 Å². The average Bonchev–Trinajstić information content (AvgIpc) is 2.37. The van der Waals surface area contributed by atoms with Gasteiger partial charge in [0.15, 0.2) is 28.4 Å². The number of methoxy groups -OCH3 is 1. The summed E-state index contributed by atoms with van der Waals surface area (Å²) in [5.74, 6) is -6.05. The average molecular weight is 296 g/mol. The fraction of sp³-hybridized carbons (Fsp3) is 0.364. The molecule has 0 aliphatic carbocycles. The van der Waals surface area contributed by atoms with Crippen LogP contribution in [0.5, 0.6) is 0 Å². The smallest absolute Gasteiger partial charge is 0.185 e. The molecule has 0 unspecified atom stereocenters. The molecule has 0 aliphatic heterocycles. The molecule has 3 nitrogen and oxygen atoms in total. The van der Waals surface area contributed by atoms with Crippen molar-refractivity contribution in [2.75, 3.05) is 25.6 Å². The Balaban J connectivity index is 2.69. The molecule has 1 rings (SSSR count). The standard InChI is InChI=1S/C11H12F4N2OS/c1-18-4-2-3-16-11(19)17-10-8(14)6(12)5-7(13)9(10)15/h5H,2-4H2,1H3,(H2,16,17,19). The van der Waals surface area contributed by atoms with Crippen molar-refractivity contribution in [1.29, 1.82) is 0 Å². The molecule has 0 spiro atoms. The Morgan fingerprint density at radius 1 is 1.21 bits per heavy atom. The Hall–Kier alpha value is -1.41. The number of halogens is 4. The Morgan fingerprint density at radius 3 is 2.32 bits per heavy atom.